The van der Waals surface area contributed by atoms with Crippen LogP contribution in [0.5, 0.6) is 0 Å². The lowest BCUT2D eigenvalue weighted by atomic mass is 9.89. The SMILES string of the molecule is CCc1nc2c(C(F)(F)F)cccn2c1C(=O)NCc1ccc(N2CCC(c3ccc(F)cc3)CC2)cc1. The number of hydrogen-bond donors (Lipinski definition) is 1. The molecular weight excluding hydrogens is 496 g/mol. The fourth-order valence-corrected chi connectivity index (χ4v) is 5.12. The molecule has 1 aliphatic heterocycles. The lowest BCUT2D eigenvalue weighted by Gasteiger charge is -2.34. The Morgan fingerprint density at radius 1 is 1.03 bits per heavy atom. The number of pyridine rings is 1. The molecule has 0 unspecified atom stereocenters. The molecule has 3 heterocycles. The van der Waals surface area contributed by atoms with E-state index >= 15 is 0 Å². The number of halogens is 4. The molecule has 0 atom stereocenters. The Labute approximate surface area is 218 Å². The van der Waals surface area contributed by atoms with Crippen LogP contribution in [-0.4, -0.2) is 28.4 Å². The second-order valence-corrected chi connectivity index (χ2v) is 9.54. The Morgan fingerprint density at radius 2 is 1.71 bits per heavy atom. The second kappa shape index (κ2) is 10.5. The van der Waals surface area contributed by atoms with E-state index in [0.29, 0.717) is 18.0 Å². The number of carbonyl (C=O) groups is 1. The first-order valence-corrected chi connectivity index (χ1v) is 12.7. The van der Waals surface area contributed by atoms with Crippen molar-refractivity contribution >= 4 is 17.2 Å². The minimum Gasteiger partial charge on any atom is -0.371 e. The number of anilines is 1. The second-order valence-electron chi connectivity index (χ2n) is 9.54. The van der Waals surface area contributed by atoms with Crippen molar-refractivity contribution in [2.24, 2.45) is 0 Å². The van der Waals surface area contributed by atoms with Crippen molar-refractivity contribution in [3.63, 3.8) is 0 Å². The molecule has 1 amide bonds. The van der Waals surface area contributed by atoms with Crippen molar-refractivity contribution < 1.29 is 22.4 Å². The van der Waals surface area contributed by atoms with Gasteiger partial charge in [-0.2, -0.15) is 13.2 Å². The fraction of sp³-hybridized carbons (Fsp3) is 0.310. The highest BCUT2D eigenvalue weighted by atomic mass is 19.4. The van der Waals surface area contributed by atoms with E-state index in [-0.39, 0.29) is 23.7 Å². The van der Waals surface area contributed by atoms with Crippen molar-refractivity contribution in [1.82, 2.24) is 14.7 Å². The summed E-state index contributed by atoms with van der Waals surface area (Å²) in [5, 5.41) is 2.83. The van der Waals surface area contributed by atoms with E-state index in [4.69, 9.17) is 0 Å². The molecule has 4 aromatic rings. The first-order chi connectivity index (χ1) is 18.2. The van der Waals surface area contributed by atoms with E-state index in [1.54, 1.807) is 6.92 Å². The number of carbonyl (C=O) groups excluding carboxylic acids is 1. The van der Waals surface area contributed by atoms with Crippen LogP contribution in [0.25, 0.3) is 5.65 Å². The van der Waals surface area contributed by atoms with Crippen molar-refractivity contribution in [2.45, 2.75) is 44.8 Å². The Morgan fingerprint density at radius 3 is 2.34 bits per heavy atom. The number of aryl methyl sites for hydroxylation is 1. The number of imidazole rings is 1. The van der Waals surface area contributed by atoms with Crippen LogP contribution in [-0.2, 0) is 19.1 Å². The minimum atomic E-state index is -4.56. The van der Waals surface area contributed by atoms with Gasteiger partial charge in [-0.05, 0) is 72.7 Å². The third kappa shape index (κ3) is 5.23. The van der Waals surface area contributed by atoms with E-state index in [2.05, 4.69) is 15.2 Å². The zero-order chi connectivity index (χ0) is 26.9. The maximum absolute atomic E-state index is 13.4. The number of nitrogens with zero attached hydrogens (tertiary/aromatic N) is 3. The zero-order valence-electron chi connectivity index (χ0n) is 20.9. The minimum absolute atomic E-state index is 0.120. The summed E-state index contributed by atoms with van der Waals surface area (Å²) in [5.74, 6) is -0.274. The average molecular weight is 525 g/mol. The van der Waals surface area contributed by atoms with E-state index in [0.717, 1.165) is 43.2 Å². The van der Waals surface area contributed by atoms with Crippen LogP contribution in [0.15, 0.2) is 66.9 Å². The number of alkyl halides is 3. The van der Waals surface area contributed by atoms with Gasteiger partial charge in [-0.25, -0.2) is 9.37 Å². The van der Waals surface area contributed by atoms with Crippen LogP contribution in [0.1, 0.15) is 58.6 Å². The highest BCUT2D eigenvalue weighted by molar-refractivity contribution is 5.95. The zero-order valence-corrected chi connectivity index (χ0v) is 20.9. The highest BCUT2D eigenvalue weighted by Crippen LogP contribution is 2.33. The topological polar surface area (TPSA) is 49.6 Å². The van der Waals surface area contributed by atoms with Gasteiger partial charge in [0.1, 0.15) is 17.2 Å². The molecule has 0 aliphatic carbocycles. The Kier molecular flexibility index (Phi) is 7.10. The van der Waals surface area contributed by atoms with Crippen LogP contribution in [0, 0.1) is 5.82 Å². The molecule has 2 aromatic heterocycles. The summed E-state index contributed by atoms with van der Waals surface area (Å²) in [6.07, 6.45) is -0.838. The van der Waals surface area contributed by atoms with Gasteiger partial charge in [0.05, 0.1) is 11.3 Å². The lowest BCUT2D eigenvalue weighted by Crippen LogP contribution is -2.32. The Balaban J connectivity index is 1.22. The van der Waals surface area contributed by atoms with Crippen LogP contribution < -0.4 is 10.2 Å². The normalized spacial score (nSPS) is 14.7. The lowest BCUT2D eigenvalue weighted by molar-refractivity contribution is -0.136. The number of aromatic nitrogens is 2. The largest absolute Gasteiger partial charge is 0.419 e. The standard InChI is InChI=1S/C29H28F4N4O/c1-2-25-26(37-15-3-4-24(27(37)35-25)29(31,32)33)28(38)34-18-19-5-11-23(12-6-19)36-16-13-21(14-17-36)20-7-9-22(30)10-8-20/h3-12,15,21H,2,13-14,16-18H2,1H3,(H,34,38). The molecule has 5 rings (SSSR count). The van der Waals surface area contributed by atoms with Gasteiger partial charge in [0, 0.05) is 31.5 Å². The molecular formula is C29H28F4N4O. The summed E-state index contributed by atoms with van der Waals surface area (Å²) in [6.45, 7) is 3.78. The Bertz CT molecular complexity index is 1420. The molecule has 1 aliphatic rings. The molecule has 1 fully saturated rings. The van der Waals surface area contributed by atoms with Crippen LogP contribution in [0.4, 0.5) is 23.2 Å². The number of amides is 1. The molecule has 0 bridgehead atoms. The first kappa shape index (κ1) is 25.8. The van der Waals surface area contributed by atoms with Gasteiger partial charge in [-0.3, -0.25) is 9.20 Å². The maximum Gasteiger partial charge on any atom is 0.419 e. The number of fused-ring (bicyclic) bond motifs is 1. The Hall–Kier alpha value is -3.88. The number of benzene rings is 2. The van der Waals surface area contributed by atoms with Gasteiger partial charge in [0.2, 0.25) is 0 Å². The molecule has 198 valence electrons. The number of nitrogens with one attached hydrogen (secondary N) is 1. The summed E-state index contributed by atoms with van der Waals surface area (Å²) in [5.41, 5.74) is 2.44. The van der Waals surface area contributed by atoms with Crippen molar-refractivity contribution in [2.75, 3.05) is 18.0 Å². The van der Waals surface area contributed by atoms with Gasteiger partial charge in [0.15, 0.2) is 0 Å². The monoisotopic (exact) mass is 524 g/mol. The molecule has 1 saturated heterocycles. The molecule has 1 N–H and O–H groups in total. The van der Waals surface area contributed by atoms with Crippen LogP contribution >= 0.6 is 0 Å². The molecule has 5 nitrogen and oxygen atoms in total. The smallest absolute Gasteiger partial charge is 0.371 e. The number of piperidine rings is 1. The fourth-order valence-electron chi connectivity index (χ4n) is 5.12. The summed E-state index contributed by atoms with van der Waals surface area (Å²) >= 11 is 0. The van der Waals surface area contributed by atoms with E-state index in [1.807, 2.05) is 36.4 Å². The molecule has 2 aromatic carbocycles. The maximum atomic E-state index is 13.4. The van der Waals surface area contributed by atoms with Crippen molar-refractivity contribution in [1.29, 1.82) is 0 Å². The summed E-state index contributed by atoms with van der Waals surface area (Å²) in [7, 11) is 0. The van der Waals surface area contributed by atoms with E-state index < -0.39 is 17.6 Å². The van der Waals surface area contributed by atoms with Crippen molar-refractivity contribution in [3.05, 3.63) is 101 Å². The molecule has 9 heteroatoms. The summed E-state index contributed by atoms with van der Waals surface area (Å²) in [6, 6.07) is 16.9. The summed E-state index contributed by atoms with van der Waals surface area (Å²) < 4.78 is 54.8. The molecule has 0 spiro atoms. The summed E-state index contributed by atoms with van der Waals surface area (Å²) in [4.78, 5) is 19.5. The molecule has 0 radical (unpaired) electrons. The van der Waals surface area contributed by atoms with Gasteiger partial charge in [0.25, 0.3) is 5.91 Å². The molecule has 38 heavy (non-hydrogen) atoms. The van der Waals surface area contributed by atoms with Gasteiger partial charge in [-0.15, -0.1) is 0 Å². The van der Waals surface area contributed by atoms with Gasteiger partial charge < -0.3 is 10.2 Å². The predicted molar refractivity (Wildman–Crippen MR) is 138 cm³/mol. The predicted octanol–water partition coefficient (Wildman–Crippen LogP) is 6.37. The average Bonchev–Trinajstić information content (AvgIpc) is 3.31. The van der Waals surface area contributed by atoms with Gasteiger partial charge in [-0.1, -0.05) is 31.2 Å². The van der Waals surface area contributed by atoms with E-state index in [1.165, 1.54) is 34.4 Å². The van der Waals surface area contributed by atoms with Crippen LogP contribution in [0.2, 0.25) is 0 Å². The number of rotatable bonds is 6. The van der Waals surface area contributed by atoms with E-state index in [9.17, 15) is 22.4 Å². The van der Waals surface area contributed by atoms with Crippen LogP contribution in [0.3, 0.4) is 0 Å². The quantitative estimate of drug-likeness (QED) is 0.298. The third-order valence-corrected chi connectivity index (χ3v) is 7.17. The highest BCUT2D eigenvalue weighted by Gasteiger charge is 2.35. The third-order valence-electron chi connectivity index (χ3n) is 7.17. The first-order valence-electron chi connectivity index (χ1n) is 12.7. The van der Waals surface area contributed by atoms with Gasteiger partial charge >= 0.3 is 6.18 Å². The number of hydrogen-bond acceptors (Lipinski definition) is 3. The molecule has 0 saturated carbocycles. The van der Waals surface area contributed by atoms with Crippen molar-refractivity contribution in [3.8, 4) is 0 Å².